The molecule has 0 fully saturated rings. The van der Waals surface area contributed by atoms with E-state index in [1.165, 1.54) is 0 Å². The lowest BCUT2D eigenvalue weighted by Crippen LogP contribution is -1.97. The molecule has 5 heteroatoms. The van der Waals surface area contributed by atoms with Gasteiger partial charge in [0.25, 0.3) is 0 Å². The minimum absolute atomic E-state index is 0.746. The normalized spacial score (nSPS) is 9.84. The van der Waals surface area contributed by atoms with E-state index in [1.807, 2.05) is 31.3 Å². The van der Waals surface area contributed by atoms with Gasteiger partial charge in [0.15, 0.2) is 0 Å². The van der Waals surface area contributed by atoms with E-state index in [1.54, 1.807) is 26.6 Å². The molecule has 0 atom stereocenters. The Morgan fingerprint density at radius 1 is 1.00 bits per heavy atom. The maximum atomic E-state index is 5.32. The number of methoxy groups -OCH3 is 2. The maximum absolute atomic E-state index is 5.32. The maximum Gasteiger partial charge on any atom is 0.142 e. The fourth-order valence-electron chi connectivity index (χ4n) is 1.71. The second kappa shape index (κ2) is 5.95. The Kier molecular flexibility index (Phi) is 4.07. The summed E-state index contributed by atoms with van der Waals surface area (Å²) in [6, 6.07) is 7.56. The van der Waals surface area contributed by atoms with Crippen molar-refractivity contribution in [2.45, 2.75) is 0 Å². The first-order chi connectivity index (χ1) is 9.26. The van der Waals surface area contributed by atoms with Crippen LogP contribution in [0.3, 0.4) is 0 Å². The zero-order valence-electron chi connectivity index (χ0n) is 11.2. The Labute approximate surface area is 112 Å². The molecule has 0 unspecified atom stereocenters. The van der Waals surface area contributed by atoms with E-state index in [4.69, 9.17) is 9.47 Å². The van der Waals surface area contributed by atoms with E-state index >= 15 is 0 Å². The molecule has 0 aliphatic rings. The Hall–Kier alpha value is -2.43. The first kappa shape index (κ1) is 13.0. The molecule has 5 nitrogen and oxygen atoms in total. The van der Waals surface area contributed by atoms with Gasteiger partial charge in [0.05, 0.1) is 43.7 Å². The van der Waals surface area contributed by atoms with Gasteiger partial charge in [-0.15, -0.1) is 0 Å². The van der Waals surface area contributed by atoms with Crippen molar-refractivity contribution in [2.75, 3.05) is 31.9 Å². The topological polar surface area (TPSA) is 55.4 Å². The van der Waals surface area contributed by atoms with Crippen molar-refractivity contribution in [3.05, 3.63) is 36.7 Å². The minimum atomic E-state index is 0.746. The third kappa shape index (κ3) is 3.07. The summed E-state index contributed by atoms with van der Waals surface area (Å²) in [5.41, 5.74) is 2.64. The standard InChI is InChI=1S/C14H17N3O2/c1-15-10-6-11(9-16-8-10)17-13-7-12(18-2)4-5-14(13)19-3/h4-9,15,17H,1-3H3. The third-order valence-electron chi connectivity index (χ3n) is 2.71. The summed E-state index contributed by atoms with van der Waals surface area (Å²) in [7, 11) is 5.12. The van der Waals surface area contributed by atoms with Gasteiger partial charge in [0.1, 0.15) is 11.5 Å². The number of pyridine rings is 1. The highest BCUT2D eigenvalue weighted by atomic mass is 16.5. The van der Waals surface area contributed by atoms with Crippen LogP contribution in [-0.4, -0.2) is 26.3 Å². The zero-order valence-corrected chi connectivity index (χ0v) is 11.2. The molecule has 0 spiro atoms. The van der Waals surface area contributed by atoms with Gasteiger partial charge < -0.3 is 20.1 Å². The van der Waals surface area contributed by atoms with Crippen molar-refractivity contribution in [3.8, 4) is 11.5 Å². The van der Waals surface area contributed by atoms with Crippen LogP contribution in [0.5, 0.6) is 11.5 Å². The molecular weight excluding hydrogens is 242 g/mol. The predicted molar refractivity (Wildman–Crippen MR) is 76.6 cm³/mol. The van der Waals surface area contributed by atoms with Crippen molar-refractivity contribution in [2.24, 2.45) is 0 Å². The van der Waals surface area contributed by atoms with Crippen LogP contribution in [0.25, 0.3) is 0 Å². The molecule has 0 bridgehead atoms. The Morgan fingerprint density at radius 2 is 1.79 bits per heavy atom. The Morgan fingerprint density at radius 3 is 2.47 bits per heavy atom. The van der Waals surface area contributed by atoms with Crippen molar-refractivity contribution >= 4 is 17.1 Å². The first-order valence-corrected chi connectivity index (χ1v) is 5.88. The van der Waals surface area contributed by atoms with Gasteiger partial charge in [-0.1, -0.05) is 0 Å². The lowest BCUT2D eigenvalue weighted by molar-refractivity contribution is 0.405. The molecule has 0 radical (unpaired) electrons. The molecule has 100 valence electrons. The van der Waals surface area contributed by atoms with Crippen LogP contribution < -0.4 is 20.1 Å². The molecule has 0 aliphatic heterocycles. The summed E-state index contributed by atoms with van der Waals surface area (Å²) in [6.45, 7) is 0. The second-order valence-electron chi connectivity index (χ2n) is 3.90. The fourth-order valence-corrected chi connectivity index (χ4v) is 1.71. The van der Waals surface area contributed by atoms with Crippen LogP contribution >= 0.6 is 0 Å². The quantitative estimate of drug-likeness (QED) is 0.864. The lowest BCUT2D eigenvalue weighted by atomic mass is 10.2. The van der Waals surface area contributed by atoms with Gasteiger partial charge >= 0.3 is 0 Å². The molecule has 1 heterocycles. The van der Waals surface area contributed by atoms with Crippen LogP contribution in [0, 0.1) is 0 Å². The molecule has 19 heavy (non-hydrogen) atoms. The summed E-state index contributed by atoms with van der Waals surface area (Å²) in [5.74, 6) is 1.51. The van der Waals surface area contributed by atoms with Crippen molar-refractivity contribution in [1.82, 2.24) is 4.98 Å². The summed E-state index contributed by atoms with van der Waals surface area (Å²) in [6.07, 6.45) is 3.51. The van der Waals surface area contributed by atoms with Gasteiger partial charge in [-0.3, -0.25) is 4.98 Å². The van der Waals surface area contributed by atoms with Gasteiger partial charge in [0, 0.05) is 13.1 Å². The van der Waals surface area contributed by atoms with E-state index < -0.39 is 0 Å². The number of benzene rings is 1. The average molecular weight is 259 g/mol. The molecule has 2 rings (SSSR count). The summed E-state index contributed by atoms with van der Waals surface area (Å²) < 4.78 is 10.5. The largest absolute Gasteiger partial charge is 0.497 e. The highest BCUT2D eigenvalue weighted by Gasteiger charge is 2.06. The van der Waals surface area contributed by atoms with Crippen molar-refractivity contribution in [3.63, 3.8) is 0 Å². The van der Waals surface area contributed by atoms with Crippen LogP contribution in [0.2, 0.25) is 0 Å². The Bertz CT molecular complexity index is 558. The zero-order chi connectivity index (χ0) is 13.7. The van der Waals surface area contributed by atoms with Crippen LogP contribution in [0.1, 0.15) is 0 Å². The average Bonchev–Trinajstić information content (AvgIpc) is 2.47. The summed E-state index contributed by atoms with van der Waals surface area (Å²) >= 11 is 0. The number of rotatable bonds is 5. The minimum Gasteiger partial charge on any atom is -0.497 e. The molecule has 1 aromatic heterocycles. The summed E-state index contributed by atoms with van der Waals surface area (Å²) in [5, 5.41) is 6.31. The van der Waals surface area contributed by atoms with E-state index in [-0.39, 0.29) is 0 Å². The smallest absolute Gasteiger partial charge is 0.142 e. The van der Waals surface area contributed by atoms with E-state index in [2.05, 4.69) is 15.6 Å². The van der Waals surface area contributed by atoms with Crippen LogP contribution in [0.15, 0.2) is 36.7 Å². The number of anilines is 3. The molecule has 2 aromatic rings. The van der Waals surface area contributed by atoms with Crippen LogP contribution in [0.4, 0.5) is 17.1 Å². The highest BCUT2D eigenvalue weighted by molar-refractivity contribution is 5.69. The number of aromatic nitrogens is 1. The van der Waals surface area contributed by atoms with Gasteiger partial charge in [-0.25, -0.2) is 0 Å². The van der Waals surface area contributed by atoms with E-state index in [0.29, 0.717) is 0 Å². The molecule has 0 aliphatic carbocycles. The highest BCUT2D eigenvalue weighted by Crippen LogP contribution is 2.31. The number of hydrogen-bond donors (Lipinski definition) is 2. The van der Waals surface area contributed by atoms with Gasteiger partial charge in [-0.05, 0) is 18.2 Å². The third-order valence-corrected chi connectivity index (χ3v) is 2.71. The molecule has 0 amide bonds. The van der Waals surface area contributed by atoms with Crippen molar-refractivity contribution < 1.29 is 9.47 Å². The SMILES string of the molecule is CNc1cncc(Nc2cc(OC)ccc2OC)c1. The van der Waals surface area contributed by atoms with Gasteiger partial charge in [-0.2, -0.15) is 0 Å². The molecule has 2 N–H and O–H groups in total. The molecule has 1 aromatic carbocycles. The van der Waals surface area contributed by atoms with E-state index in [0.717, 1.165) is 28.6 Å². The summed E-state index contributed by atoms with van der Waals surface area (Å²) in [4.78, 5) is 4.15. The van der Waals surface area contributed by atoms with Crippen LogP contribution in [-0.2, 0) is 0 Å². The number of nitrogens with zero attached hydrogens (tertiary/aromatic N) is 1. The second-order valence-corrected chi connectivity index (χ2v) is 3.90. The number of hydrogen-bond acceptors (Lipinski definition) is 5. The van der Waals surface area contributed by atoms with Crippen molar-refractivity contribution in [1.29, 1.82) is 0 Å². The number of nitrogens with one attached hydrogen (secondary N) is 2. The molecule has 0 saturated carbocycles. The lowest BCUT2D eigenvalue weighted by Gasteiger charge is -2.13. The monoisotopic (exact) mass is 259 g/mol. The Balaban J connectivity index is 2.30. The molecular formula is C14H17N3O2. The predicted octanol–water partition coefficient (Wildman–Crippen LogP) is 2.88. The van der Waals surface area contributed by atoms with E-state index in [9.17, 15) is 0 Å². The first-order valence-electron chi connectivity index (χ1n) is 5.88. The molecule has 0 saturated heterocycles. The van der Waals surface area contributed by atoms with Gasteiger partial charge in [0.2, 0.25) is 0 Å². The fraction of sp³-hybridized carbons (Fsp3) is 0.214. The number of ether oxygens (including phenoxy) is 2.